The summed E-state index contributed by atoms with van der Waals surface area (Å²) in [6.45, 7) is 4.33. The summed E-state index contributed by atoms with van der Waals surface area (Å²) in [5.74, 6) is 0. The first kappa shape index (κ1) is 12.2. The molecule has 1 amide bonds. The van der Waals surface area contributed by atoms with Gasteiger partial charge in [-0.1, -0.05) is 36.9 Å². The summed E-state index contributed by atoms with van der Waals surface area (Å²) >= 11 is 0. The topological polar surface area (TPSA) is 38.8 Å². The van der Waals surface area contributed by atoms with Crippen LogP contribution in [-0.4, -0.2) is 23.6 Å². The Hall–Kier alpha value is -2.23. The van der Waals surface area contributed by atoms with E-state index in [4.69, 9.17) is 9.47 Å². The van der Waals surface area contributed by atoms with Crippen molar-refractivity contribution in [3.05, 3.63) is 61.0 Å². The number of carbonyl (C=O) groups excluding carboxylic acids is 1. The zero-order valence-electron chi connectivity index (χ0n) is 9.99. The van der Waals surface area contributed by atoms with E-state index in [9.17, 15) is 4.79 Å². The van der Waals surface area contributed by atoms with E-state index in [1.165, 1.54) is 11.2 Å². The molecule has 0 saturated carbocycles. The Morgan fingerprint density at radius 1 is 1.50 bits per heavy atom. The molecule has 0 spiro atoms. The van der Waals surface area contributed by atoms with Gasteiger partial charge in [-0.05, 0) is 11.6 Å². The molecule has 0 fully saturated rings. The number of rotatable bonds is 3. The fraction of sp³-hybridized carbons (Fsp3) is 0.214. The average Bonchev–Trinajstić information content (AvgIpc) is 2.46. The van der Waals surface area contributed by atoms with E-state index in [0.29, 0.717) is 6.54 Å². The van der Waals surface area contributed by atoms with Crippen molar-refractivity contribution in [3.63, 3.8) is 0 Å². The van der Waals surface area contributed by atoms with Gasteiger partial charge in [-0.15, -0.1) is 0 Å². The second kappa shape index (κ2) is 5.91. The highest BCUT2D eigenvalue weighted by molar-refractivity contribution is 5.69. The van der Waals surface area contributed by atoms with Gasteiger partial charge in [0.1, 0.15) is 19.0 Å². The number of nitrogens with zero attached hydrogens (tertiary/aromatic N) is 1. The van der Waals surface area contributed by atoms with Gasteiger partial charge in [0.2, 0.25) is 0 Å². The van der Waals surface area contributed by atoms with Crippen molar-refractivity contribution in [1.82, 2.24) is 4.90 Å². The SMILES string of the molecule is C=CC1CN(C(=O)OCc2ccccc2)C=CO1. The van der Waals surface area contributed by atoms with Gasteiger partial charge in [-0.2, -0.15) is 0 Å². The van der Waals surface area contributed by atoms with Crippen molar-refractivity contribution in [2.24, 2.45) is 0 Å². The Morgan fingerprint density at radius 2 is 2.28 bits per heavy atom. The molecule has 0 bridgehead atoms. The van der Waals surface area contributed by atoms with Crippen LogP contribution < -0.4 is 0 Å². The minimum absolute atomic E-state index is 0.181. The molecule has 1 atom stereocenters. The van der Waals surface area contributed by atoms with Crippen molar-refractivity contribution >= 4 is 6.09 Å². The monoisotopic (exact) mass is 245 g/mol. The molecular formula is C14H15NO3. The van der Waals surface area contributed by atoms with Crippen molar-refractivity contribution in [1.29, 1.82) is 0 Å². The lowest BCUT2D eigenvalue weighted by atomic mass is 10.2. The minimum Gasteiger partial charge on any atom is -0.491 e. The molecule has 1 aromatic rings. The third-order valence-corrected chi connectivity index (χ3v) is 2.57. The third kappa shape index (κ3) is 3.13. The molecule has 18 heavy (non-hydrogen) atoms. The molecule has 1 aliphatic heterocycles. The summed E-state index contributed by atoms with van der Waals surface area (Å²) in [5.41, 5.74) is 0.961. The standard InChI is InChI=1S/C14H15NO3/c1-2-13-10-15(8-9-17-13)14(16)18-11-12-6-4-3-5-7-12/h2-9,13H,1,10-11H2. The van der Waals surface area contributed by atoms with Gasteiger partial charge in [0, 0.05) is 6.20 Å². The number of hydrogen-bond donors (Lipinski definition) is 0. The highest BCUT2D eigenvalue weighted by Gasteiger charge is 2.20. The molecule has 0 aliphatic carbocycles. The fourth-order valence-electron chi connectivity index (χ4n) is 1.57. The zero-order valence-corrected chi connectivity index (χ0v) is 9.99. The van der Waals surface area contributed by atoms with E-state index < -0.39 is 0 Å². The average molecular weight is 245 g/mol. The first-order valence-corrected chi connectivity index (χ1v) is 5.71. The summed E-state index contributed by atoms with van der Waals surface area (Å²) in [4.78, 5) is 13.3. The molecule has 0 N–H and O–H groups in total. The maximum atomic E-state index is 11.8. The quantitative estimate of drug-likeness (QED) is 0.768. The van der Waals surface area contributed by atoms with Crippen LogP contribution in [0.2, 0.25) is 0 Å². The molecule has 0 saturated heterocycles. The van der Waals surface area contributed by atoms with Crippen LogP contribution in [0.1, 0.15) is 5.56 Å². The Bertz CT molecular complexity index is 442. The maximum absolute atomic E-state index is 11.8. The lowest BCUT2D eigenvalue weighted by molar-refractivity contribution is 0.0772. The molecule has 1 aromatic carbocycles. The van der Waals surface area contributed by atoms with E-state index in [-0.39, 0.29) is 18.8 Å². The Morgan fingerprint density at radius 3 is 3.00 bits per heavy atom. The lowest BCUT2D eigenvalue weighted by Crippen LogP contribution is -2.36. The number of benzene rings is 1. The van der Waals surface area contributed by atoms with Crippen LogP contribution in [0.5, 0.6) is 0 Å². The van der Waals surface area contributed by atoms with Crippen LogP contribution >= 0.6 is 0 Å². The highest BCUT2D eigenvalue weighted by Crippen LogP contribution is 2.10. The lowest BCUT2D eigenvalue weighted by Gasteiger charge is -2.25. The van der Waals surface area contributed by atoms with Gasteiger partial charge in [-0.25, -0.2) is 4.79 Å². The maximum Gasteiger partial charge on any atom is 0.414 e. The number of amides is 1. The summed E-state index contributed by atoms with van der Waals surface area (Å²) in [7, 11) is 0. The predicted octanol–water partition coefficient (Wildman–Crippen LogP) is 2.68. The van der Waals surface area contributed by atoms with Crippen molar-refractivity contribution in [2.75, 3.05) is 6.54 Å². The van der Waals surface area contributed by atoms with Crippen molar-refractivity contribution in [2.45, 2.75) is 12.7 Å². The van der Waals surface area contributed by atoms with E-state index in [1.807, 2.05) is 30.3 Å². The molecule has 1 aliphatic rings. The number of ether oxygens (including phenoxy) is 2. The number of hydrogen-bond acceptors (Lipinski definition) is 3. The van der Waals surface area contributed by atoms with Gasteiger partial charge < -0.3 is 9.47 Å². The minimum atomic E-state index is -0.384. The van der Waals surface area contributed by atoms with E-state index in [1.54, 1.807) is 12.3 Å². The Balaban J connectivity index is 1.87. The fourth-order valence-corrected chi connectivity index (χ4v) is 1.57. The first-order chi connectivity index (χ1) is 8.79. The molecule has 4 heteroatoms. The molecule has 94 valence electrons. The van der Waals surface area contributed by atoms with Crippen LogP contribution in [0, 0.1) is 0 Å². The van der Waals surface area contributed by atoms with Crippen LogP contribution in [0.15, 0.2) is 55.4 Å². The van der Waals surface area contributed by atoms with Gasteiger partial charge >= 0.3 is 6.09 Å². The summed E-state index contributed by atoms with van der Waals surface area (Å²) in [6.07, 6.45) is 4.12. The third-order valence-electron chi connectivity index (χ3n) is 2.57. The summed E-state index contributed by atoms with van der Waals surface area (Å²) in [6, 6.07) is 9.56. The van der Waals surface area contributed by atoms with E-state index in [2.05, 4.69) is 6.58 Å². The summed E-state index contributed by atoms with van der Waals surface area (Å²) in [5, 5.41) is 0. The largest absolute Gasteiger partial charge is 0.491 e. The molecular weight excluding hydrogens is 230 g/mol. The van der Waals surface area contributed by atoms with Crippen LogP contribution in [-0.2, 0) is 16.1 Å². The van der Waals surface area contributed by atoms with Gasteiger partial charge in [-0.3, -0.25) is 4.90 Å². The second-order valence-electron chi connectivity index (χ2n) is 3.89. The van der Waals surface area contributed by atoms with Crippen LogP contribution in [0.3, 0.4) is 0 Å². The molecule has 1 heterocycles. The molecule has 2 rings (SSSR count). The van der Waals surface area contributed by atoms with Gasteiger partial charge in [0.25, 0.3) is 0 Å². The van der Waals surface area contributed by atoms with Crippen molar-refractivity contribution < 1.29 is 14.3 Å². The molecule has 1 unspecified atom stereocenters. The predicted molar refractivity (Wildman–Crippen MR) is 67.5 cm³/mol. The molecule has 4 nitrogen and oxygen atoms in total. The second-order valence-corrected chi connectivity index (χ2v) is 3.89. The zero-order chi connectivity index (χ0) is 12.8. The first-order valence-electron chi connectivity index (χ1n) is 5.71. The highest BCUT2D eigenvalue weighted by atomic mass is 16.6. The van der Waals surface area contributed by atoms with E-state index >= 15 is 0 Å². The smallest absolute Gasteiger partial charge is 0.414 e. The van der Waals surface area contributed by atoms with E-state index in [0.717, 1.165) is 5.56 Å². The normalized spacial score (nSPS) is 18.0. The number of carbonyl (C=O) groups is 1. The van der Waals surface area contributed by atoms with Gasteiger partial charge in [0.15, 0.2) is 0 Å². The Kier molecular flexibility index (Phi) is 4.02. The van der Waals surface area contributed by atoms with Crippen molar-refractivity contribution in [3.8, 4) is 0 Å². The summed E-state index contributed by atoms with van der Waals surface area (Å²) < 4.78 is 10.4. The Labute approximate surface area is 106 Å². The van der Waals surface area contributed by atoms with Gasteiger partial charge in [0.05, 0.1) is 6.54 Å². The van der Waals surface area contributed by atoms with Crippen LogP contribution in [0.25, 0.3) is 0 Å². The molecule has 0 aromatic heterocycles. The molecule has 0 radical (unpaired) electrons. The van der Waals surface area contributed by atoms with Crippen LogP contribution in [0.4, 0.5) is 4.79 Å².